The van der Waals surface area contributed by atoms with Crippen molar-refractivity contribution in [1.82, 2.24) is 9.29 Å². The number of aromatic nitrogens is 1. The van der Waals surface area contributed by atoms with Crippen molar-refractivity contribution in [3.8, 4) is 0 Å². The molecule has 0 unspecified atom stereocenters. The Morgan fingerprint density at radius 1 is 0.857 bits per heavy atom. The smallest absolute Gasteiger partial charge is 0.243 e. The van der Waals surface area contributed by atoms with Crippen LogP contribution in [0.5, 0.6) is 0 Å². The zero-order valence-electron chi connectivity index (χ0n) is 16.5. The fourth-order valence-electron chi connectivity index (χ4n) is 4.59. The maximum absolute atomic E-state index is 12.9. The first-order valence-corrected chi connectivity index (χ1v) is 11.7. The zero-order valence-corrected chi connectivity index (χ0v) is 17.3. The van der Waals surface area contributed by atoms with Crippen LogP contribution in [0.3, 0.4) is 0 Å². The van der Waals surface area contributed by atoms with Crippen LogP contribution in [-0.2, 0) is 10.0 Å². The largest absolute Gasteiger partial charge is 0.357 e. The van der Waals surface area contributed by atoms with Gasteiger partial charge >= 0.3 is 0 Å². The van der Waals surface area contributed by atoms with Gasteiger partial charge in [0.05, 0.1) is 4.90 Å². The van der Waals surface area contributed by atoms with Crippen LogP contribution in [0.1, 0.15) is 31.2 Å². The van der Waals surface area contributed by atoms with Gasteiger partial charge in [-0.25, -0.2) is 13.4 Å². The molecule has 5 nitrogen and oxygen atoms in total. The van der Waals surface area contributed by atoms with Gasteiger partial charge in [-0.2, -0.15) is 4.31 Å². The van der Waals surface area contributed by atoms with Gasteiger partial charge in [-0.1, -0.05) is 23.8 Å². The molecule has 0 spiro atoms. The van der Waals surface area contributed by atoms with Gasteiger partial charge in [0, 0.05) is 32.4 Å². The fraction of sp³-hybridized carbons (Fsp3) is 0.500. The highest BCUT2D eigenvalue weighted by Gasteiger charge is 2.34. The predicted octanol–water partition coefficient (Wildman–Crippen LogP) is 3.71. The molecule has 0 bridgehead atoms. The van der Waals surface area contributed by atoms with Crippen LogP contribution in [0, 0.1) is 18.8 Å². The first-order valence-electron chi connectivity index (χ1n) is 10.3. The van der Waals surface area contributed by atoms with Gasteiger partial charge in [0.2, 0.25) is 10.0 Å². The highest BCUT2D eigenvalue weighted by molar-refractivity contribution is 7.89. The molecule has 2 aromatic rings. The Bertz CT molecular complexity index is 868. The number of anilines is 1. The number of hydrogen-bond donors (Lipinski definition) is 0. The van der Waals surface area contributed by atoms with Crippen LogP contribution in [-0.4, -0.2) is 43.9 Å². The fourth-order valence-corrected chi connectivity index (χ4v) is 6.06. The van der Waals surface area contributed by atoms with Crippen molar-refractivity contribution < 1.29 is 8.42 Å². The number of benzene rings is 1. The summed E-state index contributed by atoms with van der Waals surface area (Å²) in [7, 11) is -3.36. The monoisotopic (exact) mass is 399 g/mol. The van der Waals surface area contributed by atoms with E-state index in [2.05, 4.69) is 16.0 Å². The van der Waals surface area contributed by atoms with Crippen molar-refractivity contribution in [2.75, 3.05) is 31.1 Å². The van der Waals surface area contributed by atoms with Crippen molar-refractivity contribution in [3.63, 3.8) is 0 Å². The molecule has 28 heavy (non-hydrogen) atoms. The van der Waals surface area contributed by atoms with E-state index in [0.29, 0.717) is 29.8 Å². The molecule has 6 heteroatoms. The summed E-state index contributed by atoms with van der Waals surface area (Å²) in [6.45, 7) is 5.34. The molecule has 150 valence electrons. The highest BCUT2D eigenvalue weighted by Crippen LogP contribution is 2.34. The van der Waals surface area contributed by atoms with E-state index in [4.69, 9.17) is 0 Å². The number of piperidine rings is 2. The molecule has 1 aromatic heterocycles. The van der Waals surface area contributed by atoms with Gasteiger partial charge in [0.15, 0.2) is 0 Å². The average molecular weight is 400 g/mol. The quantitative estimate of drug-likeness (QED) is 0.787. The molecule has 0 saturated carbocycles. The van der Waals surface area contributed by atoms with Gasteiger partial charge < -0.3 is 4.90 Å². The van der Waals surface area contributed by atoms with E-state index in [9.17, 15) is 8.42 Å². The number of rotatable bonds is 4. The summed E-state index contributed by atoms with van der Waals surface area (Å²) in [5.41, 5.74) is 1.08. The topological polar surface area (TPSA) is 53.5 Å². The molecule has 2 saturated heterocycles. The van der Waals surface area contributed by atoms with E-state index in [1.165, 1.54) is 12.8 Å². The third kappa shape index (κ3) is 4.08. The van der Waals surface area contributed by atoms with E-state index in [-0.39, 0.29) is 0 Å². The standard InChI is InChI=1S/C22H29N3O2S/c1-18-5-7-21(8-6-18)28(26,27)25-16-11-20(12-17-25)19-9-14-24(15-10-19)22-4-2-3-13-23-22/h2-8,13,19-20H,9-12,14-17H2,1H3. The number of pyridine rings is 1. The Morgan fingerprint density at radius 3 is 2.04 bits per heavy atom. The Balaban J connectivity index is 1.32. The second kappa shape index (κ2) is 8.21. The normalized spacial score (nSPS) is 20.4. The van der Waals surface area contributed by atoms with E-state index < -0.39 is 10.0 Å². The third-order valence-corrected chi connectivity index (χ3v) is 8.25. The average Bonchev–Trinajstić information content (AvgIpc) is 2.75. The van der Waals surface area contributed by atoms with Crippen molar-refractivity contribution >= 4 is 15.8 Å². The molecule has 1 aromatic carbocycles. The Morgan fingerprint density at radius 2 is 1.46 bits per heavy atom. The summed E-state index contributed by atoms with van der Waals surface area (Å²) in [6, 6.07) is 13.3. The molecule has 0 N–H and O–H groups in total. The maximum Gasteiger partial charge on any atom is 0.243 e. The van der Waals surface area contributed by atoms with Crippen molar-refractivity contribution in [3.05, 3.63) is 54.2 Å². The van der Waals surface area contributed by atoms with E-state index >= 15 is 0 Å². The van der Waals surface area contributed by atoms with Crippen LogP contribution >= 0.6 is 0 Å². The lowest BCUT2D eigenvalue weighted by molar-refractivity contribution is 0.183. The van der Waals surface area contributed by atoms with Crippen molar-refractivity contribution in [2.24, 2.45) is 11.8 Å². The first kappa shape index (κ1) is 19.4. The molecule has 0 radical (unpaired) electrons. The highest BCUT2D eigenvalue weighted by atomic mass is 32.2. The Hall–Kier alpha value is -1.92. The molecular weight excluding hydrogens is 370 g/mol. The van der Waals surface area contributed by atoms with Crippen LogP contribution in [0.25, 0.3) is 0 Å². The SMILES string of the molecule is Cc1ccc(S(=O)(=O)N2CCC(C3CCN(c4ccccn4)CC3)CC2)cc1. The van der Waals surface area contributed by atoms with Crippen LogP contribution in [0.2, 0.25) is 0 Å². The number of hydrogen-bond acceptors (Lipinski definition) is 4. The summed E-state index contributed by atoms with van der Waals surface area (Å²) in [6.07, 6.45) is 6.14. The van der Waals surface area contributed by atoms with E-state index in [0.717, 1.165) is 37.3 Å². The summed E-state index contributed by atoms with van der Waals surface area (Å²) < 4.78 is 27.5. The maximum atomic E-state index is 12.9. The summed E-state index contributed by atoms with van der Waals surface area (Å²) in [5, 5.41) is 0. The van der Waals surface area contributed by atoms with Gasteiger partial charge in [0.25, 0.3) is 0 Å². The molecule has 0 aliphatic carbocycles. The lowest BCUT2D eigenvalue weighted by Crippen LogP contribution is -2.42. The minimum Gasteiger partial charge on any atom is -0.357 e. The minimum absolute atomic E-state index is 0.417. The first-order chi connectivity index (χ1) is 13.5. The molecule has 2 fully saturated rings. The molecule has 3 heterocycles. The lowest BCUT2D eigenvalue weighted by atomic mass is 9.79. The number of sulfonamides is 1. The molecular formula is C22H29N3O2S. The zero-order chi connectivity index (χ0) is 19.6. The predicted molar refractivity (Wildman–Crippen MR) is 112 cm³/mol. The summed E-state index contributed by atoms with van der Waals surface area (Å²) >= 11 is 0. The molecule has 2 aliphatic heterocycles. The van der Waals surface area contributed by atoms with Gasteiger partial charge in [-0.3, -0.25) is 0 Å². The lowest BCUT2D eigenvalue weighted by Gasteiger charge is -2.40. The second-order valence-electron chi connectivity index (χ2n) is 8.07. The number of nitrogens with zero attached hydrogens (tertiary/aromatic N) is 3. The van der Waals surface area contributed by atoms with Crippen LogP contribution in [0.4, 0.5) is 5.82 Å². The van der Waals surface area contributed by atoms with Crippen LogP contribution < -0.4 is 4.90 Å². The number of aryl methyl sites for hydroxylation is 1. The van der Waals surface area contributed by atoms with Crippen LogP contribution in [0.15, 0.2) is 53.6 Å². The second-order valence-corrected chi connectivity index (χ2v) is 10.0. The molecule has 0 atom stereocenters. The molecule has 2 aliphatic rings. The van der Waals surface area contributed by atoms with E-state index in [1.54, 1.807) is 16.4 Å². The Labute approximate surface area is 168 Å². The third-order valence-electron chi connectivity index (χ3n) is 6.34. The molecule has 0 amide bonds. The summed E-state index contributed by atoms with van der Waals surface area (Å²) in [4.78, 5) is 7.25. The van der Waals surface area contributed by atoms with E-state index in [1.807, 2.05) is 37.4 Å². The van der Waals surface area contributed by atoms with Crippen molar-refractivity contribution in [1.29, 1.82) is 0 Å². The minimum atomic E-state index is -3.36. The van der Waals surface area contributed by atoms with Crippen molar-refractivity contribution in [2.45, 2.75) is 37.5 Å². The Kier molecular flexibility index (Phi) is 5.69. The van der Waals surface area contributed by atoms with Gasteiger partial charge in [-0.05, 0) is 68.7 Å². The van der Waals surface area contributed by atoms with Gasteiger partial charge in [0.1, 0.15) is 5.82 Å². The summed E-state index contributed by atoms with van der Waals surface area (Å²) in [5.74, 6) is 2.40. The molecule has 4 rings (SSSR count). The van der Waals surface area contributed by atoms with Gasteiger partial charge in [-0.15, -0.1) is 0 Å².